The smallest absolute Gasteiger partial charge is 0.272 e. The van der Waals surface area contributed by atoms with Gasteiger partial charge in [0, 0.05) is 12.4 Å². The summed E-state index contributed by atoms with van der Waals surface area (Å²) in [5.41, 5.74) is 0.536. The van der Waals surface area contributed by atoms with Crippen molar-refractivity contribution in [3.8, 4) is 0 Å². The molecule has 5 nitrogen and oxygen atoms in total. The second kappa shape index (κ2) is 5.40. The van der Waals surface area contributed by atoms with Crippen LogP contribution < -0.4 is 5.32 Å². The van der Waals surface area contributed by atoms with Crippen molar-refractivity contribution in [2.24, 2.45) is 0 Å². The number of pyridine rings is 1. The van der Waals surface area contributed by atoms with E-state index >= 15 is 0 Å². The lowest BCUT2D eigenvalue weighted by atomic mass is 9.94. The molecule has 2 N–H and O–H groups in total. The van der Waals surface area contributed by atoms with E-state index in [9.17, 15) is 9.90 Å². The van der Waals surface area contributed by atoms with Crippen molar-refractivity contribution < 1.29 is 9.90 Å². The lowest BCUT2D eigenvalue weighted by Crippen LogP contribution is -2.50. The van der Waals surface area contributed by atoms with Gasteiger partial charge in [0.1, 0.15) is 11.3 Å². The molecule has 102 valence electrons. The fraction of sp³-hybridized carbons (Fsp3) is 0.429. The summed E-state index contributed by atoms with van der Waals surface area (Å²) in [6.07, 6.45) is 4.90. The molecule has 0 aliphatic carbocycles. The summed E-state index contributed by atoms with van der Waals surface area (Å²) in [4.78, 5) is 16.5. The van der Waals surface area contributed by atoms with Crippen LogP contribution >= 0.6 is 0 Å². The molecule has 5 heteroatoms. The maximum atomic E-state index is 12.2. The molecule has 0 aliphatic heterocycles. The Morgan fingerprint density at radius 1 is 1.42 bits per heavy atom. The van der Waals surface area contributed by atoms with Crippen molar-refractivity contribution in [1.29, 1.82) is 0 Å². The predicted molar refractivity (Wildman–Crippen MR) is 73.1 cm³/mol. The third-order valence-electron chi connectivity index (χ3n) is 3.63. The van der Waals surface area contributed by atoms with E-state index in [1.165, 1.54) is 0 Å². The normalized spacial score (nSPS) is 11.7. The molecule has 0 saturated carbocycles. The number of rotatable bonds is 5. The first-order valence-electron chi connectivity index (χ1n) is 6.51. The van der Waals surface area contributed by atoms with E-state index in [1.54, 1.807) is 10.6 Å². The zero-order chi connectivity index (χ0) is 13.9. The fourth-order valence-corrected chi connectivity index (χ4v) is 2.04. The Kier molecular flexibility index (Phi) is 3.85. The van der Waals surface area contributed by atoms with Crippen LogP contribution in [0.5, 0.6) is 0 Å². The van der Waals surface area contributed by atoms with Crippen LogP contribution in [0.15, 0.2) is 30.6 Å². The lowest BCUT2D eigenvalue weighted by molar-refractivity contribution is 0.0813. The van der Waals surface area contributed by atoms with E-state index in [2.05, 4.69) is 10.3 Å². The highest BCUT2D eigenvalue weighted by atomic mass is 16.3. The van der Waals surface area contributed by atoms with Crippen molar-refractivity contribution in [2.75, 3.05) is 6.61 Å². The number of aliphatic hydroxyl groups is 1. The summed E-state index contributed by atoms with van der Waals surface area (Å²) in [7, 11) is 0. The molecule has 2 rings (SSSR count). The van der Waals surface area contributed by atoms with E-state index in [4.69, 9.17) is 0 Å². The molecule has 1 amide bonds. The highest BCUT2D eigenvalue weighted by Crippen LogP contribution is 2.15. The highest BCUT2D eigenvalue weighted by Gasteiger charge is 2.28. The Morgan fingerprint density at radius 2 is 2.16 bits per heavy atom. The van der Waals surface area contributed by atoms with Crippen molar-refractivity contribution in [2.45, 2.75) is 32.2 Å². The van der Waals surface area contributed by atoms with Gasteiger partial charge < -0.3 is 14.8 Å². The number of carbonyl (C=O) groups excluding carboxylic acids is 1. The Hall–Kier alpha value is -1.88. The summed E-state index contributed by atoms with van der Waals surface area (Å²) in [6, 6.07) is 5.60. The number of nitrogens with zero attached hydrogens (tertiary/aromatic N) is 2. The number of carbonyl (C=O) groups is 1. The quantitative estimate of drug-likeness (QED) is 0.859. The van der Waals surface area contributed by atoms with Gasteiger partial charge in [0.2, 0.25) is 0 Å². The highest BCUT2D eigenvalue weighted by molar-refractivity contribution is 5.93. The third-order valence-corrected chi connectivity index (χ3v) is 3.63. The number of fused-ring (bicyclic) bond motifs is 1. The van der Waals surface area contributed by atoms with Crippen molar-refractivity contribution in [3.05, 3.63) is 36.3 Å². The molecule has 2 aromatic heterocycles. The average Bonchev–Trinajstić information content (AvgIpc) is 2.89. The van der Waals surface area contributed by atoms with Crippen LogP contribution in [0.3, 0.4) is 0 Å². The van der Waals surface area contributed by atoms with E-state index in [-0.39, 0.29) is 12.5 Å². The van der Waals surface area contributed by atoms with Crippen molar-refractivity contribution in [3.63, 3.8) is 0 Å². The van der Waals surface area contributed by atoms with E-state index < -0.39 is 5.54 Å². The molecule has 0 spiro atoms. The topological polar surface area (TPSA) is 66.6 Å². The van der Waals surface area contributed by atoms with Crippen LogP contribution in [0, 0.1) is 0 Å². The average molecular weight is 261 g/mol. The lowest BCUT2D eigenvalue weighted by Gasteiger charge is -2.30. The number of aromatic nitrogens is 2. The Balaban J connectivity index is 2.24. The van der Waals surface area contributed by atoms with E-state index in [0.29, 0.717) is 18.5 Å². The van der Waals surface area contributed by atoms with Crippen LogP contribution in [0.2, 0.25) is 0 Å². The minimum absolute atomic E-state index is 0.0703. The molecule has 0 atom stereocenters. The van der Waals surface area contributed by atoms with E-state index in [0.717, 1.165) is 5.65 Å². The molecule has 0 aliphatic rings. The SMILES string of the molecule is CCC(CC)(CO)NC(=O)c1cn2ccccc2n1. The Labute approximate surface area is 112 Å². The van der Waals surface area contributed by atoms with Gasteiger partial charge in [-0.05, 0) is 25.0 Å². The largest absolute Gasteiger partial charge is 0.394 e. The van der Waals surface area contributed by atoms with Gasteiger partial charge in [0.15, 0.2) is 0 Å². The first-order chi connectivity index (χ1) is 9.14. The van der Waals surface area contributed by atoms with Crippen LogP contribution in [-0.4, -0.2) is 32.5 Å². The number of amides is 1. The summed E-state index contributed by atoms with van der Waals surface area (Å²) in [5, 5.41) is 12.4. The number of hydrogen-bond donors (Lipinski definition) is 2. The summed E-state index contributed by atoms with van der Waals surface area (Å²) >= 11 is 0. The molecular formula is C14H19N3O2. The van der Waals surface area contributed by atoms with Gasteiger partial charge in [-0.25, -0.2) is 4.98 Å². The first-order valence-corrected chi connectivity index (χ1v) is 6.51. The van der Waals surface area contributed by atoms with Gasteiger partial charge in [-0.15, -0.1) is 0 Å². The maximum Gasteiger partial charge on any atom is 0.272 e. The van der Waals surface area contributed by atoms with Crippen LogP contribution in [-0.2, 0) is 0 Å². The number of nitrogens with one attached hydrogen (secondary N) is 1. The number of aliphatic hydroxyl groups excluding tert-OH is 1. The molecule has 0 fully saturated rings. The third kappa shape index (κ3) is 2.61. The number of imidazole rings is 1. The zero-order valence-electron chi connectivity index (χ0n) is 11.3. The molecule has 19 heavy (non-hydrogen) atoms. The summed E-state index contributed by atoms with van der Waals surface area (Å²) in [6.45, 7) is 3.83. The molecule has 0 saturated heterocycles. The first kappa shape index (κ1) is 13.5. The minimum Gasteiger partial charge on any atom is -0.394 e. The minimum atomic E-state index is -0.563. The fourth-order valence-electron chi connectivity index (χ4n) is 2.04. The van der Waals surface area contributed by atoms with Crippen molar-refractivity contribution >= 4 is 11.6 Å². The van der Waals surface area contributed by atoms with Gasteiger partial charge in [-0.2, -0.15) is 0 Å². The zero-order valence-corrected chi connectivity index (χ0v) is 11.3. The maximum absolute atomic E-state index is 12.2. The van der Waals surface area contributed by atoms with Crippen molar-refractivity contribution in [1.82, 2.24) is 14.7 Å². The molecule has 0 bridgehead atoms. The van der Waals surface area contributed by atoms with E-state index in [1.807, 2.05) is 38.2 Å². The van der Waals surface area contributed by atoms with Gasteiger partial charge in [0.25, 0.3) is 5.91 Å². The standard InChI is InChI=1S/C14H19N3O2/c1-3-14(4-2,10-18)16-13(19)11-9-17-8-6-5-7-12(17)15-11/h5-9,18H,3-4,10H2,1-2H3,(H,16,19). The van der Waals surface area contributed by atoms with Crippen LogP contribution in [0.4, 0.5) is 0 Å². The van der Waals surface area contributed by atoms with Gasteiger partial charge in [-0.3, -0.25) is 4.79 Å². The molecule has 0 unspecified atom stereocenters. The Morgan fingerprint density at radius 3 is 2.74 bits per heavy atom. The monoisotopic (exact) mass is 261 g/mol. The number of hydrogen-bond acceptors (Lipinski definition) is 3. The molecule has 0 radical (unpaired) electrons. The van der Waals surface area contributed by atoms with Gasteiger partial charge in [0.05, 0.1) is 12.1 Å². The summed E-state index contributed by atoms with van der Waals surface area (Å²) < 4.78 is 1.80. The van der Waals surface area contributed by atoms with Gasteiger partial charge >= 0.3 is 0 Å². The Bertz CT molecular complexity index is 532. The van der Waals surface area contributed by atoms with Crippen LogP contribution in [0.25, 0.3) is 5.65 Å². The molecule has 2 heterocycles. The summed E-state index contributed by atoms with van der Waals surface area (Å²) in [5.74, 6) is -0.249. The molecule has 2 aromatic rings. The predicted octanol–water partition coefficient (Wildman–Crippen LogP) is 1.62. The van der Waals surface area contributed by atoms with Gasteiger partial charge in [-0.1, -0.05) is 19.9 Å². The molecular weight excluding hydrogens is 242 g/mol. The van der Waals surface area contributed by atoms with Crippen LogP contribution in [0.1, 0.15) is 37.2 Å². The second-order valence-electron chi connectivity index (χ2n) is 4.69. The molecule has 0 aromatic carbocycles. The second-order valence-corrected chi connectivity index (χ2v) is 4.69.